The Morgan fingerprint density at radius 3 is 2.47 bits per heavy atom. The number of hydrogen-bond acceptors (Lipinski definition) is 1. The number of benzene rings is 2. The fourth-order valence-electron chi connectivity index (χ4n) is 2.43. The lowest BCUT2D eigenvalue weighted by Gasteiger charge is -2.24. The van der Waals surface area contributed by atoms with E-state index in [2.05, 4.69) is 35.2 Å². The molecule has 0 unspecified atom stereocenters. The zero-order valence-corrected chi connectivity index (χ0v) is 10.9. The highest BCUT2D eigenvalue weighted by Crippen LogP contribution is 2.28. The van der Waals surface area contributed by atoms with E-state index in [1.54, 1.807) is 6.08 Å². The Hall–Kier alpha value is -2.09. The van der Waals surface area contributed by atoms with Gasteiger partial charge < -0.3 is 4.90 Å². The van der Waals surface area contributed by atoms with Crippen LogP contribution in [-0.2, 0) is 0 Å². The van der Waals surface area contributed by atoms with Crippen molar-refractivity contribution in [3.63, 3.8) is 0 Å². The molecule has 96 valence electrons. The van der Waals surface area contributed by atoms with Crippen LogP contribution in [0.2, 0.25) is 0 Å². The van der Waals surface area contributed by atoms with Crippen molar-refractivity contribution in [2.24, 2.45) is 0 Å². The van der Waals surface area contributed by atoms with E-state index in [1.807, 2.05) is 25.3 Å². The second-order valence-corrected chi connectivity index (χ2v) is 4.86. The van der Waals surface area contributed by atoms with Crippen LogP contribution < -0.4 is 4.90 Å². The molecular formula is C17H16FN. The second-order valence-electron chi connectivity index (χ2n) is 4.86. The average molecular weight is 253 g/mol. The molecule has 0 saturated carbocycles. The Bertz CT molecular complexity index is 670. The molecule has 1 nitrogen and oxygen atoms in total. The third-order valence-electron chi connectivity index (χ3n) is 3.63. The largest absolute Gasteiger partial charge is 0.348 e. The minimum absolute atomic E-state index is 0.0318. The van der Waals surface area contributed by atoms with Crippen molar-refractivity contribution >= 4 is 16.5 Å². The van der Waals surface area contributed by atoms with Gasteiger partial charge in [0.1, 0.15) is 5.83 Å². The van der Waals surface area contributed by atoms with Crippen LogP contribution in [0.25, 0.3) is 10.8 Å². The minimum Gasteiger partial charge on any atom is -0.348 e. The summed E-state index contributed by atoms with van der Waals surface area (Å²) in [5.41, 5.74) is 2.29. The van der Waals surface area contributed by atoms with Crippen LogP contribution in [0.1, 0.15) is 12.8 Å². The number of hydrogen-bond donors (Lipinski definition) is 0. The maximum absolute atomic E-state index is 13.0. The van der Waals surface area contributed by atoms with E-state index in [9.17, 15) is 4.39 Å². The normalized spacial score (nSPS) is 15.1. The first kappa shape index (κ1) is 12.0. The van der Waals surface area contributed by atoms with Crippen LogP contribution in [-0.4, -0.2) is 7.05 Å². The van der Waals surface area contributed by atoms with Crippen LogP contribution >= 0.6 is 0 Å². The van der Waals surface area contributed by atoms with E-state index in [1.165, 1.54) is 10.8 Å². The summed E-state index contributed by atoms with van der Waals surface area (Å²) in [6.07, 6.45) is 4.69. The van der Waals surface area contributed by atoms with Crippen molar-refractivity contribution in [3.8, 4) is 0 Å². The van der Waals surface area contributed by atoms with Gasteiger partial charge >= 0.3 is 0 Å². The van der Waals surface area contributed by atoms with Crippen molar-refractivity contribution in [2.75, 3.05) is 11.9 Å². The minimum atomic E-state index is -0.0318. The van der Waals surface area contributed by atoms with E-state index in [0.29, 0.717) is 6.42 Å². The van der Waals surface area contributed by atoms with Crippen LogP contribution in [0.3, 0.4) is 0 Å². The van der Waals surface area contributed by atoms with Crippen LogP contribution in [0.15, 0.2) is 66.1 Å². The van der Waals surface area contributed by atoms with E-state index in [-0.39, 0.29) is 5.83 Å². The smallest absolute Gasteiger partial charge is 0.100 e. The quantitative estimate of drug-likeness (QED) is 0.742. The standard InChI is InChI=1S/C17H16FN/c1-19(16-10-7-15(18)8-11-16)17-9-6-13-4-2-3-5-14(13)12-17/h2-7,9-10,12H,8,11H2,1H3. The fraction of sp³-hybridized carbons (Fsp3) is 0.176. The summed E-state index contributed by atoms with van der Waals surface area (Å²) in [4.78, 5) is 2.13. The highest BCUT2D eigenvalue weighted by atomic mass is 19.1. The number of rotatable bonds is 2. The number of halogens is 1. The van der Waals surface area contributed by atoms with Crippen molar-refractivity contribution in [1.29, 1.82) is 0 Å². The lowest BCUT2D eigenvalue weighted by atomic mass is 10.1. The van der Waals surface area contributed by atoms with Gasteiger partial charge in [-0.05, 0) is 41.5 Å². The molecule has 1 aliphatic rings. The highest BCUT2D eigenvalue weighted by molar-refractivity contribution is 5.86. The first-order valence-corrected chi connectivity index (χ1v) is 6.52. The molecule has 0 aromatic heterocycles. The van der Waals surface area contributed by atoms with E-state index in [4.69, 9.17) is 0 Å². The first-order chi connectivity index (χ1) is 9.24. The van der Waals surface area contributed by atoms with Gasteiger partial charge in [0.25, 0.3) is 0 Å². The Labute approximate surface area is 112 Å². The number of fused-ring (bicyclic) bond motifs is 1. The van der Waals surface area contributed by atoms with E-state index < -0.39 is 0 Å². The molecule has 1 aliphatic carbocycles. The van der Waals surface area contributed by atoms with Crippen molar-refractivity contribution in [2.45, 2.75) is 12.8 Å². The molecule has 0 N–H and O–H groups in total. The molecule has 0 radical (unpaired) electrons. The molecule has 0 heterocycles. The number of allylic oxidation sites excluding steroid dienone is 4. The Morgan fingerprint density at radius 1 is 0.947 bits per heavy atom. The average Bonchev–Trinajstić information content (AvgIpc) is 2.47. The summed E-state index contributed by atoms with van der Waals surface area (Å²) in [6, 6.07) is 14.7. The van der Waals surface area contributed by atoms with Crippen LogP contribution in [0.5, 0.6) is 0 Å². The lowest BCUT2D eigenvalue weighted by Crippen LogP contribution is -2.17. The maximum atomic E-state index is 13.0. The van der Waals surface area contributed by atoms with Crippen molar-refractivity contribution in [3.05, 3.63) is 66.1 Å². The van der Waals surface area contributed by atoms with Gasteiger partial charge in [0.15, 0.2) is 0 Å². The Balaban J connectivity index is 1.95. The predicted molar refractivity (Wildman–Crippen MR) is 78.9 cm³/mol. The molecule has 2 aromatic carbocycles. The van der Waals surface area contributed by atoms with Gasteiger partial charge in [-0.1, -0.05) is 30.3 Å². The molecule has 2 heteroatoms. The topological polar surface area (TPSA) is 3.24 Å². The van der Waals surface area contributed by atoms with E-state index in [0.717, 1.165) is 17.8 Å². The molecule has 0 bridgehead atoms. The molecule has 0 saturated heterocycles. The molecule has 0 atom stereocenters. The predicted octanol–water partition coefficient (Wildman–Crippen LogP) is 4.81. The second kappa shape index (κ2) is 4.88. The molecule has 0 fully saturated rings. The zero-order valence-electron chi connectivity index (χ0n) is 10.9. The molecule has 19 heavy (non-hydrogen) atoms. The first-order valence-electron chi connectivity index (χ1n) is 6.52. The van der Waals surface area contributed by atoms with Gasteiger partial charge in [0.05, 0.1) is 0 Å². The maximum Gasteiger partial charge on any atom is 0.100 e. The van der Waals surface area contributed by atoms with Gasteiger partial charge in [-0.25, -0.2) is 4.39 Å². The summed E-state index contributed by atoms with van der Waals surface area (Å²) >= 11 is 0. The number of anilines is 1. The zero-order chi connectivity index (χ0) is 13.2. The Morgan fingerprint density at radius 2 is 1.74 bits per heavy atom. The monoisotopic (exact) mass is 253 g/mol. The van der Waals surface area contributed by atoms with E-state index >= 15 is 0 Å². The summed E-state index contributed by atoms with van der Waals surface area (Å²) in [6.45, 7) is 0. The van der Waals surface area contributed by atoms with Gasteiger partial charge in [-0.3, -0.25) is 0 Å². The molecular weight excluding hydrogens is 237 g/mol. The van der Waals surface area contributed by atoms with Gasteiger partial charge in [0, 0.05) is 24.9 Å². The third-order valence-corrected chi connectivity index (χ3v) is 3.63. The summed E-state index contributed by atoms with van der Waals surface area (Å²) in [5.74, 6) is -0.0318. The lowest BCUT2D eigenvalue weighted by molar-refractivity contribution is 0.579. The van der Waals surface area contributed by atoms with Crippen LogP contribution in [0.4, 0.5) is 10.1 Å². The van der Waals surface area contributed by atoms with Gasteiger partial charge in [-0.15, -0.1) is 0 Å². The van der Waals surface area contributed by atoms with Gasteiger partial charge in [0.2, 0.25) is 0 Å². The van der Waals surface area contributed by atoms with Crippen molar-refractivity contribution < 1.29 is 4.39 Å². The summed E-state index contributed by atoms with van der Waals surface area (Å²) in [5, 5.41) is 2.47. The number of nitrogens with zero attached hydrogens (tertiary/aromatic N) is 1. The molecule has 0 amide bonds. The summed E-state index contributed by atoms with van der Waals surface area (Å²) in [7, 11) is 2.03. The summed E-state index contributed by atoms with van der Waals surface area (Å²) < 4.78 is 13.0. The third kappa shape index (κ3) is 2.39. The van der Waals surface area contributed by atoms with Crippen molar-refractivity contribution in [1.82, 2.24) is 0 Å². The van der Waals surface area contributed by atoms with Gasteiger partial charge in [-0.2, -0.15) is 0 Å². The molecule has 3 rings (SSSR count). The fourth-order valence-corrected chi connectivity index (χ4v) is 2.43. The molecule has 0 aliphatic heterocycles. The Kier molecular flexibility index (Phi) is 3.08. The molecule has 0 spiro atoms. The SMILES string of the molecule is CN(C1=CC=C(F)CC1)c1ccc2ccccc2c1. The van der Waals surface area contributed by atoms with Crippen LogP contribution in [0, 0.1) is 0 Å². The molecule has 2 aromatic rings. The highest BCUT2D eigenvalue weighted by Gasteiger charge is 2.11.